The molecule has 2 amide bonds. The Balaban J connectivity index is 1.73. The van der Waals surface area contributed by atoms with Crippen molar-refractivity contribution < 1.29 is 29.3 Å². The van der Waals surface area contributed by atoms with Crippen LogP contribution in [0.15, 0.2) is 22.6 Å². The highest BCUT2D eigenvalue weighted by atomic mass is 16.4. The van der Waals surface area contributed by atoms with Gasteiger partial charge in [0, 0.05) is 25.3 Å². The van der Waals surface area contributed by atoms with Gasteiger partial charge in [-0.3, -0.25) is 9.59 Å². The van der Waals surface area contributed by atoms with Gasteiger partial charge in [0.25, 0.3) is 0 Å². The Bertz CT molecular complexity index is 1150. The van der Waals surface area contributed by atoms with Gasteiger partial charge in [0.2, 0.25) is 11.8 Å². The van der Waals surface area contributed by atoms with Crippen LogP contribution in [0.25, 0.3) is 11.0 Å². The second-order valence-electron chi connectivity index (χ2n) is 9.87. The molecule has 8 heteroatoms. The molecule has 2 aliphatic carbocycles. The van der Waals surface area contributed by atoms with Gasteiger partial charge < -0.3 is 30.4 Å². The number of fused-ring (bicyclic) bond motifs is 1. The van der Waals surface area contributed by atoms with Crippen molar-refractivity contribution in [2.75, 3.05) is 13.2 Å². The molecule has 188 valence electrons. The van der Waals surface area contributed by atoms with Crippen molar-refractivity contribution in [1.82, 2.24) is 10.6 Å². The highest BCUT2D eigenvalue weighted by Gasteiger charge is 2.36. The molecule has 35 heavy (non-hydrogen) atoms. The summed E-state index contributed by atoms with van der Waals surface area (Å²) in [5.74, 6) is 5.90. The van der Waals surface area contributed by atoms with Crippen molar-refractivity contribution in [2.24, 2.45) is 0 Å². The van der Waals surface area contributed by atoms with Crippen molar-refractivity contribution in [3.05, 3.63) is 35.1 Å². The Kier molecular flexibility index (Phi) is 7.50. The van der Waals surface area contributed by atoms with E-state index in [2.05, 4.69) is 22.5 Å². The number of hydrogen-bond donors (Lipinski definition) is 5. The van der Waals surface area contributed by atoms with Crippen molar-refractivity contribution in [3.63, 3.8) is 0 Å². The van der Waals surface area contributed by atoms with Crippen LogP contribution < -0.4 is 10.6 Å². The van der Waals surface area contributed by atoms with E-state index in [9.17, 15) is 19.8 Å². The Morgan fingerprint density at radius 2 is 1.77 bits per heavy atom. The topological polar surface area (TPSA) is 132 Å². The zero-order valence-corrected chi connectivity index (χ0v) is 20.2. The molecule has 2 aliphatic rings. The van der Waals surface area contributed by atoms with Crippen molar-refractivity contribution in [3.8, 4) is 11.8 Å². The van der Waals surface area contributed by atoms with Crippen LogP contribution in [0, 0.1) is 11.8 Å². The van der Waals surface area contributed by atoms with Crippen LogP contribution in [0.4, 0.5) is 0 Å². The molecule has 2 saturated carbocycles. The summed E-state index contributed by atoms with van der Waals surface area (Å²) in [5, 5.41) is 36.9. The molecule has 0 radical (unpaired) electrons. The summed E-state index contributed by atoms with van der Waals surface area (Å²) >= 11 is 0. The number of rotatable bonds is 7. The summed E-state index contributed by atoms with van der Waals surface area (Å²) in [5.41, 5.74) is -0.160. The number of nitrogens with one attached hydrogen (secondary N) is 2. The van der Waals surface area contributed by atoms with Crippen LogP contribution in [-0.4, -0.2) is 51.9 Å². The minimum absolute atomic E-state index is 0.0902. The predicted octanol–water partition coefficient (Wildman–Crippen LogP) is 2.01. The fourth-order valence-corrected chi connectivity index (χ4v) is 5.12. The molecular formula is C27H34N2O6. The summed E-state index contributed by atoms with van der Waals surface area (Å²) in [4.78, 5) is 24.3. The number of aliphatic hydroxyl groups is 3. The first kappa shape index (κ1) is 25.2. The molecule has 1 atom stereocenters. The predicted molar refractivity (Wildman–Crippen MR) is 130 cm³/mol. The molecule has 8 nitrogen and oxygen atoms in total. The third kappa shape index (κ3) is 5.87. The molecular weight excluding hydrogens is 448 g/mol. The normalized spacial score (nSPS) is 19.2. The van der Waals surface area contributed by atoms with Crippen LogP contribution in [-0.2, 0) is 21.6 Å². The molecule has 1 aromatic carbocycles. The van der Waals surface area contributed by atoms with Gasteiger partial charge >= 0.3 is 0 Å². The van der Waals surface area contributed by atoms with E-state index in [-0.39, 0.29) is 25.5 Å². The van der Waals surface area contributed by atoms with E-state index >= 15 is 0 Å². The zero-order valence-electron chi connectivity index (χ0n) is 20.2. The van der Waals surface area contributed by atoms with Gasteiger partial charge in [-0.2, -0.15) is 0 Å². The molecule has 2 aromatic rings. The largest absolute Gasteiger partial charge is 0.457 e. The van der Waals surface area contributed by atoms with E-state index in [1.165, 1.54) is 6.92 Å². The maximum atomic E-state index is 12.6. The number of carbonyl (C=O) groups is 2. The second-order valence-corrected chi connectivity index (χ2v) is 9.87. The molecule has 1 heterocycles. The average Bonchev–Trinajstić information content (AvgIpc) is 3.56. The lowest BCUT2D eigenvalue weighted by Gasteiger charge is -2.18. The highest BCUT2D eigenvalue weighted by molar-refractivity contribution is 5.88. The lowest BCUT2D eigenvalue weighted by molar-refractivity contribution is -0.128. The fraction of sp³-hybridized carbons (Fsp3) is 0.556. The summed E-state index contributed by atoms with van der Waals surface area (Å²) in [6.07, 6.45) is 6.45. The van der Waals surface area contributed by atoms with Gasteiger partial charge in [-0.1, -0.05) is 11.8 Å². The van der Waals surface area contributed by atoms with E-state index < -0.39 is 23.2 Å². The Hall–Kier alpha value is -2.86. The first-order valence-corrected chi connectivity index (χ1v) is 12.4. The lowest BCUT2D eigenvalue weighted by atomic mass is 9.97. The minimum Gasteiger partial charge on any atom is -0.457 e. The van der Waals surface area contributed by atoms with E-state index in [0.29, 0.717) is 42.6 Å². The molecule has 0 spiro atoms. The van der Waals surface area contributed by atoms with Crippen LogP contribution in [0.5, 0.6) is 0 Å². The number of benzene rings is 1. The maximum Gasteiger partial charge on any atom is 0.243 e. The number of hydrogen-bond acceptors (Lipinski definition) is 6. The first-order valence-electron chi connectivity index (χ1n) is 12.4. The van der Waals surface area contributed by atoms with Crippen LogP contribution in [0.3, 0.4) is 0 Å². The summed E-state index contributed by atoms with van der Waals surface area (Å²) in [6.45, 7) is 1.24. The van der Waals surface area contributed by atoms with E-state index in [4.69, 9.17) is 9.52 Å². The number of aliphatic hydroxyl groups excluding tert-OH is 1. The lowest BCUT2D eigenvalue weighted by Crippen LogP contribution is -2.48. The Morgan fingerprint density at radius 3 is 2.43 bits per heavy atom. The van der Waals surface area contributed by atoms with E-state index in [0.717, 1.165) is 36.6 Å². The molecule has 0 unspecified atom stereocenters. The van der Waals surface area contributed by atoms with Gasteiger partial charge in [0.1, 0.15) is 28.6 Å². The first-order chi connectivity index (χ1) is 16.7. The average molecular weight is 483 g/mol. The van der Waals surface area contributed by atoms with Crippen LogP contribution >= 0.6 is 0 Å². The smallest absolute Gasteiger partial charge is 0.243 e. The molecule has 0 aliphatic heterocycles. The van der Waals surface area contributed by atoms with Gasteiger partial charge in [0.15, 0.2) is 0 Å². The Morgan fingerprint density at radius 1 is 1.09 bits per heavy atom. The van der Waals surface area contributed by atoms with Crippen LogP contribution in [0.2, 0.25) is 0 Å². The molecule has 1 aromatic heterocycles. The van der Waals surface area contributed by atoms with Crippen molar-refractivity contribution in [1.29, 1.82) is 0 Å². The van der Waals surface area contributed by atoms with Crippen molar-refractivity contribution >= 4 is 22.8 Å². The zero-order chi connectivity index (χ0) is 25.1. The summed E-state index contributed by atoms with van der Waals surface area (Å²) < 4.78 is 6.15. The SMILES string of the molecule is CC(=O)N[C@@H](Cc1cc(C#CC2(O)CCCC2)c2oc(C3(O)CCCC3)cc2c1)C(=O)NCCO. The number of amides is 2. The standard InChI is InChI=1S/C27H34N2O6/c1-18(31)29-22(25(32)28-12-13-30)16-19-14-20(6-11-26(33)7-2-3-8-26)24-21(15-19)17-23(35-24)27(34)9-4-5-10-27/h14-15,17,22,30,33-34H,2-5,7-10,12-13,16H2,1H3,(H,28,32)(H,29,31)/t22-/m0/s1. The molecule has 0 saturated heterocycles. The van der Waals surface area contributed by atoms with Crippen molar-refractivity contribution in [2.45, 2.75) is 82.0 Å². The molecule has 5 N–H and O–H groups in total. The number of carbonyl (C=O) groups excluding carboxylic acids is 2. The maximum absolute atomic E-state index is 12.6. The third-order valence-corrected chi connectivity index (χ3v) is 6.97. The van der Waals surface area contributed by atoms with Gasteiger partial charge in [0.05, 0.1) is 12.2 Å². The summed E-state index contributed by atoms with van der Waals surface area (Å²) in [7, 11) is 0. The van der Waals surface area contributed by atoms with Crippen LogP contribution in [0.1, 0.15) is 75.2 Å². The quantitative estimate of drug-likeness (QED) is 0.384. The van der Waals surface area contributed by atoms with E-state index in [1.807, 2.05) is 18.2 Å². The summed E-state index contributed by atoms with van der Waals surface area (Å²) in [6, 6.07) is 4.69. The van der Waals surface area contributed by atoms with Gasteiger partial charge in [-0.15, -0.1) is 0 Å². The van der Waals surface area contributed by atoms with E-state index in [1.54, 1.807) is 0 Å². The second kappa shape index (κ2) is 10.4. The molecule has 2 fully saturated rings. The fourth-order valence-electron chi connectivity index (χ4n) is 5.12. The molecule has 0 bridgehead atoms. The minimum atomic E-state index is -1.02. The third-order valence-electron chi connectivity index (χ3n) is 6.97. The highest BCUT2D eigenvalue weighted by Crippen LogP contribution is 2.41. The number of furan rings is 1. The molecule has 4 rings (SSSR count). The van der Waals surface area contributed by atoms with Gasteiger partial charge in [-0.25, -0.2) is 0 Å². The Labute approximate surface area is 205 Å². The monoisotopic (exact) mass is 482 g/mol. The van der Waals surface area contributed by atoms with Gasteiger partial charge in [-0.05, 0) is 75.1 Å².